The van der Waals surface area contributed by atoms with E-state index in [1.165, 1.54) is 0 Å². The van der Waals surface area contributed by atoms with Crippen molar-refractivity contribution in [3.05, 3.63) is 90.9 Å². The van der Waals surface area contributed by atoms with Gasteiger partial charge in [0.05, 0.1) is 18.7 Å². The standard InChI is InChI=1S/C20H17NO2/c1-15(22-3)4-5-16(2)23-20-12-10-19(11-13-20)18-8-6-17(14-21)7-9-18/h4-13H,1-2H2,3H3/b5-4-. The van der Waals surface area contributed by atoms with Gasteiger partial charge in [0.2, 0.25) is 0 Å². The maximum Gasteiger partial charge on any atom is 0.127 e. The van der Waals surface area contributed by atoms with Crippen molar-refractivity contribution in [2.45, 2.75) is 0 Å². The van der Waals surface area contributed by atoms with Crippen molar-refractivity contribution >= 4 is 0 Å². The Kier molecular flexibility index (Phi) is 5.38. The molecule has 2 aromatic rings. The van der Waals surface area contributed by atoms with E-state index < -0.39 is 0 Å². The molecule has 114 valence electrons. The summed E-state index contributed by atoms with van der Waals surface area (Å²) in [6.07, 6.45) is 3.38. The molecule has 0 saturated carbocycles. The zero-order valence-corrected chi connectivity index (χ0v) is 13.0. The van der Waals surface area contributed by atoms with Crippen molar-refractivity contribution in [1.82, 2.24) is 0 Å². The van der Waals surface area contributed by atoms with Crippen LogP contribution in [-0.2, 0) is 4.74 Å². The minimum Gasteiger partial charge on any atom is -0.497 e. The highest BCUT2D eigenvalue weighted by molar-refractivity contribution is 5.65. The van der Waals surface area contributed by atoms with Gasteiger partial charge in [0.15, 0.2) is 0 Å². The van der Waals surface area contributed by atoms with E-state index in [4.69, 9.17) is 14.7 Å². The van der Waals surface area contributed by atoms with Gasteiger partial charge in [-0.15, -0.1) is 0 Å². The minimum atomic E-state index is 0.495. The van der Waals surface area contributed by atoms with Crippen molar-refractivity contribution in [3.63, 3.8) is 0 Å². The summed E-state index contributed by atoms with van der Waals surface area (Å²) < 4.78 is 10.5. The second-order valence-corrected chi connectivity index (χ2v) is 4.79. The van der Waals surface area contributed by atoms with Gasteiger partial charge in [0.1, 0.15) is 17.3 Å². The van der Waals surface area contributed by atoms with E-state index in [2.05, 4.69) is 19.2 Å². The number of allylic oxidation sites excluding steroid dienone is 2. The molecule has 3 heteroatoms. The number of nitriles is 1. The number of hydrogen-bond donors (Lipinski definition) is 0. The third-order valence-electron chi connectivity index (χ3n) is 3.17. The normalized spacial score (nSPS) is 10.1. The summed E-state index contributed by atoms with van der Waals surface area (Å²) in [5.41, 5.74) is 2.75. The highest BCUT2D eigenvalue weighted by Gasteiger charge is 2.00. The molecule has 0 aliphatic heterocycles. The summed E-state index contributed by atoms with van der Waals surface area (Å²) in [5, 5.41) is 8.82. The Hall–Kier alpha value is -3.25. The van der Waals surface area contributed by atoms with Crippen LogP contribution in [0.15, 0.2) is 85.4 Å². The smallest absolute Gasteiger partial charge is 0.127 e. The maximum atomic E-state index is 8.82. The molecule has 0 aliphatic rings. The van der Waals surface area contributed by atoms with Crippen LogP contribution in [0.1, 0.15) is 5.56 Å². The van der Waals surface area contributed by atoms with Crippen molar-refractivity contribution in [1.29, 1.82) is 5.26 Å². The molecular weight excluding hydrogens is 286 g/mol. The number of benzene rings is 2. The van der Waals surface area contributed by atoms with E-state index in [0.29, 0.717) is 22.8 Å². The third kappa shape index (κ3) is 4.62. The van der Waals surface area contributed by atoms with Crippen LogP contribution in [0.4, 0.5) is 0 Å². The Morgan fingerprint density at radius 3 is 1.96 bits per heavy atom. The number of ether oxygens (including phenoxy) is 2. The number of hydrogen-bond acceptors (Lipinski definition) is 3. The second kappa shape index (κ2) is 7.67. The van der Waals surface area contributed by atoms with Crippen LogP contribution in [0, 0.1) is 11.3 Å². The average Bonchev–Trinajstić information content (AvgIpc) is 2.60. The quantitative estimate of drug-likeness (QED) is 0.567. The van der Waals surface area contributed by atoms with Crippen LogP contribution in [0.25, 0.3) is 11.1 Å². The predicted molar refractivity (Wildman–Crippen MR) is 91.7 cm³/mol. The number of methoxy groups -OCH3 is 1. The Labute approximate surface area is 136 Å². The lowest BCUT2D eigenvalue weighted by Gasteiger charge is -2.07. The molecule has 0 aromatic heterocycles. The number of nitrogens with zero attached hydrogens (tertiary/aromatic N) is 1. The molecule has 0 bridgehead atoms. The Balaban J connectivity index is 2.04. The Morgan fingerprint density at radius 2 is 1.43 bits per heavy atom. The fraction of sp³-hybridized carbons (Fsp3) is 0.0500. The van der Waals surface area contributed by atoms with Gasteiger partial charge >= 0.3 is 0 Å². The molecule has 2 rings (SSSR count). The van der Waals surface area contributed by atoms with E-state index in [1.54, 1.807) is 31.4 Å². The Bertz CT molecular complexity index is 763. The molecule has 2 aromatic carbocycles. The van der Waals surface area contributed by atoms with Crippen LogP contribution in [0.5, 0.6) is 5.75 Å². The third-order valence-corrected chi connectivity index (χ3v) is 3.17. The lowest BCUT2D eigenvalue weighted by atomic mass is 10.0. The van der Waals surface area contributed by atoms with Gasteiger partial charge in [0, 0.05) is 0 Å². The highest BCUT2D eigenvalue weighted by atomic mass is 16.5. The fourth-order valence-electron chi connectivity index (χ4n) is 1.89. The van der Waals surface area contributed by atoms with Gasteiger partial charge in [-0.3, -0.25) is 0 Å². The van der Waals surface area contributed by atoms with Crippen LogP contribution in [0.3, 0.4) is 0 Å². The largest absolute Gasteiger partial charge is 0.497 e. The molecule has 0 heterocycles. The van der Waals surface area contributed by atoms with Gasteiger partial charge in [-0.25, -0.2) is 0 Å². The molecule has 0 atom stereocenters. The van der Waals surface area contributed by atoms with E-state index in [-0.39, 0.29) is 0 Å². The van der Waals surface area contributed by atoms with Crippen molar-refractivity contribution < 1.29 is 9.47 Å². The van der Waals surface area contributed by atoms with Gasteiger partial charge in [0.25, 0.3) is 0 Å². The monoisotopic (exact) mass is 303 g/mol. The summed E-state index contributed by atoms with van der Waals surface area (Å²) in [6, 6.07) is 17.2. The summed E-state index contributed by atoms with van der Waals surface area (Å²) in [6.45, 7) is 7.50. The fourth-order valence-corrected chi connectivity index (χ4v) is 1.89. The average molecular weight is 303 g/mol. The van der Waals surface area contributed by atoms with Crippen LogP contribution >= 0.6 is 0 Å². The van der Waals surface area contributed by atoms with Gasteiger partial charge in [-0.1, -0.05) is 37.4 Å². The van der Waals surface area contributed by atoms with Gasteiger partial charge in [-0.05, 0) is 47.5 Å². The van der Waals surface area contributed by atoms with Crippen molar-refractivity contribution in [2.75, 3.05) is 7.11 Å². The summed E-state index contributed by atoms with van der Waals surface area (Å²) in [4.78, 5) is 0. The predicted octanol–water partition coefficient (Wildman–Crippen LogP) is 4.83. The molecule has 3 nitrogen and oxygen atoms in total. The molecule has 0 unspecified atom stereocenters. The van der Waals surface area contributed by atoms with Crippen molar-refractivity contribution in [3.8, 4) is 22.9 Å². The van der Waals surface area contributed by atoms with Crippen LogP contribution in [-0.4, -0.2) is 7.11 Å². The summed E-state index contributed by atoms with van der Waals surface area (Å²) >= 11 is 0. The lowest BCUT2D eigenvalue weighted by Crippen LogP contribution is -1.91. The Morgan fingerprint density at radius 1 is 0.913 bits per heavy atom. The van der Waals surface area contributed by atoms with E-state index in [9.17, 15) is 0 Å². The first-order valence-corrected chi connectivity index (χ1v) is 7.00. The van der Waals surface area contributed by atoms with E-state index in [0.717, 1.165) is 11.1 Å². The SMILES string of the molecule is C=C(/C=C\C(=C)Oc1ccc(-c2ccc(C#N)cc2)cc1)OC. The molecule has 0 fully saturated rings. The lowest BCUT2D eigenvalue weighted by molar-refractivity contribution is 0.308. The minimum absolute atomic E-state index is 0.495. The first-order chi connectivity index (χ1) is 11.1. The molecule has 0 saturated heterocycles. The molecule has 0 aliphatic carbocycles. The molecular formula is C20H17NO2. The molecule has 0 radical (unpaired) electrons. The summed E-state index contributed by atoms with van der Waals surface area (Å²) in [5.74, 6) is 1.72. The van der Waals surface area contributed by atoms with E-state index in [1.807, 2.05) is 36.4 Å². The highest BCUT2D eigenvalue weighted by Crippen LogP contribution is 2.23. The first kappa shape index (κ1) is 16.1. The second-order valence-electron chi connectivity index (χ2n) is 4.79. The van der Waals surface area contributed by atoms with Crippen LogP contribution < -0.4 is 4.74 Å². The summed E-state index contributed by atoms with van der Waals surface area (Å²) in [7, 11) is 1.55. The molecule has 23 heavy (non-hydrogen) atoms. The number of rotatable bonds is 6. The maximum absolute atomic E-state index is 8.82. The molecule has 0 spiro atoms. The topological polar surface area (TPSA) is 42.2 Å². The van der Waals surface area contributed by atoms with Crippen molar-refractivity contribution in [2.24, 2.45) is 0 Å². The zero-order valence-electron chi connectivity index (χ0n) is 13.0. The van der Waals surface area contributed by atoms with E-state index >= 15 is 0 Å². The van der Waals surface area contributed by atoms with Crippen LogP contribution in [0.2, 0.25) is 0 Å². The zero-order chi connectivity index (χ0) is 16.7. The molecule has 0 N–H and O–H groups in total. The van der Waals surface area contributed by atoms with Gasteiger partial charge in [-0.2, -0.15) is 5.26 Å². The molecule has 0 amide bonds. The van der Waals surface area contributed by atoms with Gasteiger partial charge < -0.3 is 9.47 Å². The first-order valence-electron chi connectivity index (χ1n) is 7.00.